The normalized spacial score (nSPS) is 14.0. The highest BCUT2D eigenvalue weighted by atomic mass is 15.2. The molecule has 2 aromatic heterocycles. The van der Waals surface area contributed by atoms with Gasteiger partial charge in [-0.3, -0.25) is 0 Å². The van der Waals surface area contributed by atoms with Gasteiger partial charge in [-0.1, -0.05) is 194 Å². The van der Waals surface area contributed by atoms with Gasteiger partial charge in [-0.05, 0) is 47.0 Å². The molecular weight excluding hydrogens is 755 g/mol. The molecule has 5 heteroatoms. The van der Waals surface area contributed by atoms with Gasteiger partial charge in [0.2, 0.25) is 0 Å². The SMILES string of the molecule is c1ccc(C2=NC(c3ccc(-c4ccccc4)c(-n4c5ccccc5c5ccc(-n6c7ccccc7c7ccccc76)c(-c6ccccc6)c54)c3)=NC(c3ccccc3)N2)cc1. The Kier molecular flexibility index (Phi) is 8.49. The molecule has 9 aromatic carbocycles. The fourth-order valence-corrected chi connectivity index (χ4v) is 9.40. The molecule has 12 rings (SSSR count). The second-order valence-corrected chi connectivity index (χ2v) is 15.8. The lowest BCUT2D eigenvalue weighted by atomic mass is 9.98. The molecule has 0 spiro atoms. The number of fused-ring (bicyclic) bond motifs is 6. The van der Waals surface area contributed by atoms with E-state index in [9.17, 15) is 0 Å². The molecule has 0 radical (unpaired) electrons. The van der Waals surface area contributed by atoms with Crippen LogP contribution in [0, 0.1) is 0 Å². The minimum Gasteiger partial charge on any atom is -0.344 e. The van der Waals surface area contributed by atoms with Crippen molar-refractivity contribution in [2.24, 2.45) is 9.98 Å². The van der Waals surface area contributed by atoms with E-state index in [1.54, 1.807) is 0 Å². The molecule has 5 nitrogen and oxygen atoms in total. The zero-order chi connectivity index (χ0) is 41.0. The van der Waals surface area contributed by atoms with Gasteiger partial charge < -0.3 is 14.5 Å². The van der Waals surface area contributed by atoms with Gasteiger partial charge in [-0.15, -0.1) is 0 Å². The first-order chi connectivity index (χ1) is 30.8. The van der Waals surface area contributed by atoms with Crippen LogP contribution in [0.25, 0.3) is 77.2 Å². The summed E-state index contributed by atoms with van der Waals surface area (Å²) in [5.74, 6) is 1.46. The van der Waals surface area contributed by atoms with Crippen molar-refractivity contribution in [2.45, 2.75) is 6.17 Å². The summed E-state index contributed by atoms with van der Waals surface area (Å²) in [6.07, 6.45) is -0.317. The Balaban J connectivity index is 1.19. The second kappa shape index (κ2) is 14.8. The maximum absolute atomic E-state index is 5.32. The van der Waals surface area contributed by atoms with E-state index in [0.29, 0.717) is 5.84 Å². The van der Waals surface area contributed by atoms with Crippen molar-refractivity contribution in [2.75, 3.05) is 0 Å². The van der Waals surface area contributed by atoms with Crippen LogP contribution >= 0.6 is 0 Å². The van der Waals surface area contributed by atoms with Gasteiger partial charge in [0.1, 0.15) is 12.0 Å². The lowest BCUT2D eigenvalue weighted by Gasteiger charge is -2.24. The Morgan fingerprint density at radius 3 is 1.53 bits per heavy atom. The van der Waals surface area contributed by atoms with Crippen molar-refractivity contribution >= 4 is 55.3 Å². The van der Waals surface area contributed by atoms with Crippen molar-refractivity contribution < 1.29 is 0 Å². The summed E-state index contributed by atoms with van der Waals surface area (Å²) >= 11 is 0. The molecule has 0 aliphatic carbocycles. The molecule has 1 unspecified atom stereocenters. The third-order valence-electron chi connectivity index (χ3n) is 12.2. The van der Waals surface area contributed by atoms with E-state index in [1.165, 1.54) is 32.6 Å². The van der Waals surface area contributed by atoms with Crippen LogP contribution in [0.4, 0.5) is 0 Å². The monoisotopic (exact) mass is 793 g/mol. The number of aromatic nitrogens is 2. The molecular formula is C57H39N5. The molecule has 62 heavy (non-hydrogen) atoms. The molecule has 0 saturated carbocycles. The summed E-state index contributed by atoms with van der Waals surface area (Å²) in [4.78, 5) is 10.6. The molecule has 0 saturated heterocycles. The van der Waals surface area contributed by atoms with Crippen molar-refractivity contribution in [3.63, 3.8) is 0 Å². The Bertz CT molecular complexity index is 3470. The highest BCUT2D eigenvalue weighted by Gasteiger charge is 2.26. The van der Waals surface area contributed by atoms with Crippen LogP contribution in [0.2, 0.25) is 0 Å². The van der Waals surface area contributed by atoms with E-state index in [-0.39, 0.29) is 6.17 Å². The summed E-state index contributed by atoms with van der Waals surface area (Å²) in [5.41, 5.74) is 14.3. The van der Waals surface area contributed by atoms with E-state index in [0.717, 1.165) is 67.2 Å². The van der Waals surface area contributed by atoms with Gasteiger partial charge in [0, 0.05) is 43.8 Å². The quantitative estimate of drug-likeness (QED) is 0.172. The van der Waals surface area contributed by atoms with Crippen LogP contribution in [0.15, 0.2) is 234 Å². The van der Waals surface area contributed by atoms with E-state index in [1.807, 2.05) is 12.1 Å². The van der Waals surface area contributed by atoms with E-state index >= 15 is 0 Å². The van der Waals surface area contributed by atoms with Crippen molar-refractivity contribution in [1.82, 2.24) is 14.5 Å². The van der Waals surface area contributed by atoms with E-state index in [4.69, 9.17) is 9.98 Å². The number of hydrogen-bond acceptors (Lipinski definition) is 3. The molecule has 1 atom stereocenters. The predicted octanol–water partition coefficient (Wildman–Crippen LogP) is 13.7. The van der Waals surface area contributed by atoms with E-state index in [2.05, 4.69) is 227 Å². The summed E-state index contributed by atoms with van der Waals surface area (Å²) in [7, 11) is 0. The number of hydrogen-bond donors (Lipinski definition) is 1. The molecule has 0 amide bonds. The number of amidine groups is 2. The van der Waals surface area contributed by atoms with Crippen molar-refractivity contribution in [1.29, 1.82) is 0 Å². The number of rotatable bonds is 7. The molecule has 3 heterocycles. The Morgan fingerprint density at radius 1 is 0.387 bits per heavy atom. The lowest BCUT2D eigenvalue weighted by Crippen LogP contribution is -2.33. The second-order valence-electron chi connectivity index (χ2n) is 15.8. The topological polar surface area (TPSA) is 46.6 Å². The number of aliphatic imine (C=N–C) groups is 2. The maximum Gasteiger partial charge on any atom is 0.159 e. The predicted molar refractivity (Wildman–Crippen MR) is 258 cm³/mol. The minimum atomic E-state index is -0.317. The van der Waals surface area contributed by atoms with Gasteiger partial charge in [0.15, 0.2) is 5.84 Å². The largest absolute Gasteiger partial charge is 0.344 e. The molecule has 0 fully saturated rings. The number of benzene rings is 9. The summed E-state index contributed by atoms with van der Waals surface area (Å²) in [5, 5.41) is 8.47. The fourth-order valence-electron chi connectivity index (χ4n) is 9.40. The number of nitrogens with zero attached hydrogens (tertiary/aromatic N) is 4. The van der Waals surface area contributed by atoms with Crippen LogP contribution in [0.1, 0.15) is 22.9 Å². The maximum atomic E-state index is 5.32. The smallest absolute Gasteiger partial charge is 0.159 e. The van der Waals surface area contributed by atoms with Gasteiger partial charge in [-0.25, -0.2) is 9.98 Å². The van der Waals surface area contributed by atoms with Gasteiger partial charge in [0.05, 0.1) is 33.4 Å². The molecule has 0 bridgehead atoms. The number of para-hydroxylation sites is 3. The van der Waals surface area contributed by atoms with Crippen LogP contribution in [0.5, 0.6) is 0 Å². The van der Waals surface area contributed by atoms with Crippen LogP contribution in [-0.2, 0) is 0 Å². The van der Waals surface area contributed by atoms with E-state index < -0.39 is 0 Å². The molecule has 1 N–H and O–H groups in total. The lowest BCUT2D eigenvalue weighted by molar-refractivity contribution is 0.674. The van der Waals surface area contributed by atoms with Gasteiger partial charge >= 0.3 is 0 Å². The first kappa shape index (κ1) is 35.6. The Labute approximate surface area is 359 Å². The highest BCUT2D eigenvalue weighted by Crippen LogP contribution is 2.45. The molecule has 1 aliphatic heterocycles. The first-order valence-electron chi connectivity index (χ1n) is 21.1. The van der Waals surface area contributed by atoms with Crippen LogP contribution in [0.3, 0.4) is 0 Å². The van der Waals surface area contributed by atoms with Crippen LogP contribution < -0.4 is 5.32 Å². The minimum absolute atomic E-state index is 0.317. The standard InChI is InChI=1S/C57H39N5/c1-5-19-38(20-6-1)43-34-33-42(57-59-55(40-23-9-3-10-24-40)58-56(60-57)41-25-11-4-12-26-41)37-52(43)62-50-32-18-15-29-46(50)47-35-36-51(53(54(47)62)39-21-7-2-8-22-39)61-48-30-16-13-27-44(48)45-28-14-17-31-49(45)61/h1-37,55H,(H,58,59,60). The fraction of sp³-hybridized carbons (Fsp3) is 0.0175. The summed E-state index contributed by atoms with van der Waals surface area (Å²) in [6.45, 7) is 0. The van der Waals surface area contributed by atoms with Gasteiger partial charge in [0.25, 0.3) is 0 Å². The molecule has 292 valence electrons. The van der Waals surface area contributed by atoms with Gasteiger partial charge in [-0.2, -0.15) is 0 Å². The summed E-state index contributed by atoms with van der Waals surface area (Å²) in [6, 6.07) is 80.0. The third-order valence-corrected chi connectivity index (χ3v) is 12.2. The Morgan fingerprint density at radius 2 is 0.903 bits per heavy atom. The average Bonchev–Trinajstić information content (AvgIpc) is 3.87. The highest BCUT2D eigenvalue weighted by molar-refractivity contribution is 6.18. The average molecular weight is 794 g/mol. The van der Waals surface area contributed by atoms with Crippen molar-refractivity contribution in [3.8, 4) is 33.6 Å². The summed E-state index contributed by atoms with van der Waals surface area (Å²) < 4.78 is 4.95. The molecule has 11 aromatic rings. The zero-order valence-corrected chi connectivity index (χ0v) is 33.7. The first-order valence-corrected chi connectivity index (χ1v) is 21.1. The Hall–Kier alpha value is -8.28. The zero-order valence-electron chi connectivity index (χ0n) is 33.7. The number of nitrogens with one attached hydrogen (secondary N) is 1. The molecule has 1 aliphatic rings. The van der Waals surface area contributed by atoms with Crippen molar-refractivity contribution in [3.05, 3.63) is 241 Å². The third kappa shape index (κ3) is 5.86. The van der Waals surface area contributed by atoms with Crippen LogP contribution in [-0.4, -0.2) is 20.8 Å².